The van der Waals surface area contributed by atoms with Crippen molar-refractivity contribution in [1.29, 1.82) is 0 Å². The Morgan fingerprint density at radius 3 is 1.02 bits per heavy atom. The van der Waals surface area contributed by atoms with Crippen molar-refractivity contribution in [3.8, 4) is 0 Å². The van der Waals surface area contributed by atoms with E-state index in [0.717, 1.165) is 0 Å². The van der Waals surface area contributed by atoms with Crippen LogP contribution in [0.2, 0.25) is 0 Å². The number of rotatable bonds is 0. The Morgan fingerprint density at radius 2 is 0.723 bits per heavy atom. The third-order valence-electron chi connectivity index (χ3n) is 8.88. The molecule has 0 aliphatic carbocycles. The highest BCUT2D eigenvalue weighted by Gasteiger charge is 2.19. The smallest absolute Gasteiger partial charge is 0.0127 e. The fourth-order valence-electron chi connectivity index (χ4n) is 5.89. The standard InChI is InChI=1S/C13H20.C12H18.2C11H16/c1-9-7-8-10(2)12(11(9)3)13(4,5)6;1-9-7-6-8-11(10(9)2)12(3,4)5;2*1-9-6-5-7-10(8-9)11(2,3)4/h7-8H,1-6H3;6-8H,1-5H3;2*5-8H,1-4H3. The predicted octanol–water partition coefficient (Wildman–Crippen LogP) is 14.1. The highest BCUT2D eigenvalue weighted by Crippen LogP contribution is 2.30. The first-order valence-electron chi connectivity index (χ1n) is 17.5. The van der Waals surface area contributed by atoms with Gasteiger partial charge in [0.15, 0.2) is 0 Å². The molecule has 0 amide bonds. The van der Waals surface area contributed by atoms with Crippen molar-refractivity contribution in [2.75, 3.05) is 0 Å². The Hall–Kier alpha value is -3.12. The molecule has 0 saturated carbocycles. The normalized spacial score (nSPS) is 11.7. The van der Waals surface area contributed by atoms with Crippen molar-refractivity contribution in [2.24, 2.45) is 0 Å². The van der Waals surface area contributed by atoms with Crippen LogP contribution in [0.1, 0.15) is 144 Å². The van der Waals surface area contributed by atoms with E-state index >= 15 is 0 Å². The summed E-state index contributed by atoms with van der Waals surface area (Å²) in [6.45, 7) is 42.3. The van der Waals surface area contributed by atoms with Gasteiger partial charge in [-0.25, -0.2) is 0 Å². The van der Waals surface area contributed by atoms with Gasteiger partial charge in [0.05, 0.1) is 0 Å². The molecule has 0 spiro atoms. The van der Waals surface area contributed by atoms with E-state index in [2.05, 4.69) is 210 Å². The highest BCUT2D eigenvalue weighted by atomic mass is 14.2. The van der Waals surface area contributed by atoms with E-state index in [4.69, 9.17) is 0 Å². The zero-order valence-electron chi connectivity index (χ0n) is 34.0. The molecule has 0 aliphatic rings. The van der Waals surface area contributed by atoms with Gasteiger partial charge < -0.3 is 0 Å². The van der Waals surface area contributed by atoms with Gasteiger partial charge in [-0.3, -0.25) is 0 Å². The van der Waals surface area contributed by atoms with Crippen LogP contribution in [-0.2, 0) is 21.7 Å². The van der Waals surface area contributed by atoms with Crippen LogP contribution in [0.25, 0.3) is 0 Å². The molecule has 0 heterocycles. The fourth-order valence-corrected chi connectivity index (χ4v) is 5.89. The van der Waals surface area contributed by atoms with Crippen molar-refractivity contribution in [1.82, 2.24) is 0 Å². The Labute approximate surface area is 292 Å². The molecule has 0 unspecified atom stereocenters. The first kappa shape index (κ1) is 41.9. The quantitative estimate of drug-likeness (QED) is 0.180. The summed E-state index contributed by atoms with van der Waals surface area (Å²) in [4.78, 5) is 0. The van der Waals surface area contributed by atoms with Gasteiger partial charge in [0.2, 0.25) is 0 Å². The van der Waals surface area contributed by atoms with Crippen molar-refractivity contribution < 1.29 is 0 Å². The second-order valence-corrected chi connectivity index (χ2v) is 17.7. The summed E-state index contributed by atoms with van der Waals surface area (Å²) in [7, 11) is 0. The van der Waals surface area contributed by atoms with Crippen LogP contribution < -0.4 is 0 Å². The molecular formula is C47H70. The largest absolute Gasteiger partial charge is 0.0617 e. The van der Waals surface area contributed by atoms with Crippen molar-refractivity contribution >= 4 is 0 Å². The maximum Gasteiger partial charge on any atom is -0.0127 e. The van der Waals surface area contributed by atoms with Gasteiger partial charge in [-0.05, 0) is 120 Å². The lowest BCUT2D eigenvalue weighted by molar-refractivity contribution is 0.581. The fraction of sp³-hybridized carbons (Fsp3) is 0.489. The van der Waals surface area contributed by atoms with E-state index in [0.29, 0.717) is 0 Å². The van der Waals surface area contributed by atoms with Gasteiger partial charge >= 0.3 is 0 Å². The molecule has 0 saturated heterocycles. The monoisotopic (exact) mass is 635 g/mol. The molecule has 0 N–H and O–H groups in total. The van der Waals surface area contributed by atoms with E-state index in [1.165, 1.54) is 61.2 Å². The number of hydrogen-bond donors (Lipinski definition) is 0. The van der Waals surface area contributed by atoms with Crippen LogP contribution in [0, 0.1) is 48.5 Å². The van der Waals surface area contributed by atoms with Crippen LogP contribution in [0.5, 0.6) is 0 Å². The average Bonchev–Trinajstić information content (AvgIpc) is 2.91. The summed E-state index contributed by atoms with van der Waals surface area (Å²) in [6, 6.07) is 28.4. The summed E-state index contributed by atoms with van der Waals surface area (Å²) in [5, 5.41) is 0. The van der Waals surface area contributed by atoms with Gasteiger partial charge in [0.1, 0.15) is 0 Å². The lowest BCUT2D eigenvalue weighted by atomic mass is 9.80. The lowest BCUT2D eigenvalue weighted by Gasteiger charge is -2.25. The summed E-state index contributed by atoms with van der Waals surface area (Å²) in [5.41, 5.74) is 16.7. The molecule has 4 aromatic carbocycles. The minimum absolute atomic E-state index is 0.264. The minimum Gasteiger partial charge on any atom is -0.0617 e. The SMILES string of the molecule is Cc1ccc(C)c(C(C)(C)C)c1C.Cc1cccc(C(C)(C)C)c1.Cc1cccc(C(C)(C)C)c1.Cc1cccc(C(C)(C)C)c1C. The Balaban J connectivity index is 0.000000314. The molecule has 4 aromatic rings. The van der Waals surface area contributed by atoms with Gasteiger partial charge in [-0.15, -0.1) is 0 Å². The molecule has 0 fully saturated rings. The van der Waals surface area contributed by atoms with E-state index < -0.39 is 0 Å². The van der Waals surface area contributed by atoms with Crippen molar-refractivity contribution in [2.45, 2.75) is 153 Å². The molecule has 4 rings (SSSR count). The summed E-state index contributed by atoms with van der Waals surface area (Å²) in [5.74, 6) is 0. The second kappa shape index (κ2) is 16.8. The molecule has 0 bridgehead atoms. The highest BCUT2D eigenvalue weighted by molar-refractivity contribution is 5.43. The van der Waals surface area contributed by atoms with E-state index in [9.17, 15) is 0 Å². The molecule has 0 nitrogen and oxygen atoms in total. The topological polar surface area (TPSA) is 0 Å². The third kappa shape index (κ3) is 13.9. The van der Waals surface area contributed by atoms with Crippen LogP contribution in [-0.4, -0.2) is 0 Å². The van der Waals surface area contributed by atoms with Crippen LogP contribution in [0.4, 0.5) is 0 Å². The van der Waals surface area contributed by atoms with Crippen molar-refractivity contribution in [3.05, 3.63) is 140 Å². The number of aryl methyl sites for hydroxylation is 5. The Bertz CT molecular complexity index is 1490. The second-order valence-electron chi connectivity index (χ2n) is 17.7. The molecule has 47 heavy (non-hydrogen) atoms. The van der Waals surface area contributed by atoms with Crippen molar-refractivity contribution in [3.63, 3.8) is 0 Å². The number of hydrogen-bond acceptors (Lipinski definition) is 0. The van der Waals surface area contributed by atoms with Gasteiger partial charge in [0, 0.05) is 0 Å². The Morgan fingerprint density at radius 1 is 0.340 bits per heavy atom. The molecule has 0 aliphatic heterocycles. The zero-order chi connectivity index (χ0) is 36.5. The maximum absolute atomic E-state index is 2.28. The van der Waals surface area contributed by atoms with E-state index in [-0.39, 0.29) is 21.7 Å². The summed E-state index contributed by atoms with van der Waals surface area (Å²) < 4.78 is 0. The summed E-state index contributed by atoms with van der Waals surface area (Å²) >= 11 is 0. The van der Waals surface area contributed by atoms with Crippen LogP contribution in [0.15, 0.2) is 78.9 Å². The molecule has 0 heteroatoms. The minimum atomic E-state index is 0.264. The molecular weight excluding hydrogens is 565 g/mol. The lowest BCUT2D eigenvalue weighted by Crippen LogP contribution is -2.15. The third-order valence-corrected chi connectivity index (χ3v) is 8.88. The molecule has 0 atom stereocenters. The van der Waals surface area contributed by atoms with Crippen LogP contribution >= 0.6 is 0 Å². The van der Waals surface area contributed by atoms with Gasteiger partial charge in [0.25, 0.3) is 0 Å². The molecule has 0 aromatic heterocycles. The van der Waals surface area contributed by atoms with E-state index in [1.807, 2.05) is 0 Å². The van der Waals surface area contributed by atoms with Gasteiger partial charge in [-0.1, -0.05) is 173 Å². The number of benzene rings is 4. The molecule has 258 valence electrons. The van der Waals surface area contributed by atoms with E-state index in [1.54, 1.807) is 0 Å². The first-order valence-corrected chi connectivity index (χ1v) is 17.5. The Kier molecular flexibility index (Phi) is 15.0. The first-order chi connectivity index (χ1) is 21.3. The van der Waals surface area contributed by atoms with Gasteiger partial charge in [-0.2, -0.15) is 0 Å². The average molecular weight is 635 g/mol. The summed E-state index contributed by atoms with van der Waals surface area (Å²) in [6.07, 6.45) is 0. The maximum atomic E-state index is 2.28. The van der Waals surface area contributed by atoms with Crippen LogP contribution in [0.3, 0.4) is 0 Å². The molecule has 0 radical (unpaired) electrons. The zero-order valence-corrected chi connectivity index (χ0v) is 34.0. The predicted molar refractivity (Wildman–Crippen MR) is 214 cm³/mol.